The number of pyridine rings is 1. The first-order valence-electron chi connectivity index (χ1n) is 7.46. The molecular weight excluding hydrogens is 459 g/mol. The molecule has 3 aromatic rings. The predicted octanol–water partition coefficient (Wildman–Crippen LogP) is 4.53. The summed E-state index contributed by atoms with van der Waals surface area (Å²) in [6.45, 7) is 3.42. The average Bonchev–Trinajstić information content (AvgIpc) is 3.10. The summed E-state index contributed by atoms with van der Waals surface area (Å²) >= 11 is 13.1. The van der Waals surface area contributed by atoms with Gasteiger partial charge in [-0.1, -0.05) is 11.6 Å². The van der Waals surface area contributed by atoms with E-state index in [9.17, 15) is 4.79 Å². The lowest BCUT2D eigenvalue weighted by Gasteiger charge is -2.34. The summed E-state index contributed by atoms with van der Waals surface area (Å²) in [6.07, 6.45) is 1.70. The molecule has 0 N–H and O–H groups in total. The molecule has 0 spiro atoms. The van der Waals surface area contributed by atoms with E-state index in [2.05, 4.69) is 47.6 Å². The summed E-state index contributed by atoms with van der Waals surface area (Å²) in [5, 5.41) is 4.96. The van der Waals surface area contributed by atoms with Crippen molar-refractivity contribution in [3.63, 3.8) is 0 Å². The minimum atomic E-state index is -0.0676. The van der Waals surface area contributed by atoms with E-state index in [-0.39, 0.29) is 11.9 Å². The molecular formula is C16H13Br2ClN4O. The zero-order valence-electron chi connectivity index (χ0n) is 12.7. The van der Waals surface area contributed by atoms with Crippen molar-refractivity contribution in [2.45, 2.75) is 19.5 Å². The minimum absolute atomic E-state index is 0.0257. The number of hydrogen-bond acceptors (Lipinski definition) is 2. The van der Waals surface area contributed by atoms with Crippen LogP contribution in [0.5, 0.6) is 0 Å². The number of halogens is 3. The molecule has 24 heavy (non-hydrogen) atoms. The average molecular weight is 473 g/mol. The van der Waals surface area contributed by atoms with E-state index in [1.165, 1.54) is 0 Å². The second-order valence-corrected chi connectivity index (χ2v) is 7.82. The Bertz CT molecular complexity index is 965. The van der Waals surface area contributed by atoms with Crippen LogP contribution >= 0.6 is 43.5 Å². The van der Waals surface area contributed by atoms with Gasteiger partial charge >= 0.3 is 0 Å². The van der Waals surface area contributed by atoms with E-state index < -0.39 is 0 Å². The van der Waals surface area contributed by atoms with Gasteiger partial charge in [0.15, 0.2) is 5.69 Å². The van der Waals surface area contributed by atoms with Crippen LogP contribution in [0.25, 0.3) is 5.52 Å². The van der Waals surface area contributed by atoms with Crippen molar-refractivity contribution >= 4 is 54.9 Å². The summed E-state index contributed by atoms with van der Waals surface area (Å²) in [4.78, 5) is 14.8. The quantitative estimate of drug-likeness (QED) is 0.522. The number of aromatic nitrogens is 3. The smallest absolute Gasteiger partial charge is 0.275 e. The van der Waals surface area contributed by atoms with Crippen molar-refractivity contribution < 1.29 is 4.79 Å². The van der Waals surface area contributed by atoms with Crippen molar-refractivity contribution in [1.29, 1.82) is 0 Å². The van der Waals surface area contributed by atoms with E-state index in [0.717, 1.165) is 26.8 Å². The third-order valence-corrected chi connectivity index (χ3v) is 6.60. The summed E-state index contributed by atoms with van der Waals surface area (Å²) in [7, 11) is 0. The third-order valence-electron chi connectivity index (χ3n) is 4.38. The Hall–Kier alpha value is -1.31. The molecule has 0 bridgehead atoms. The Morgan fingerprint density at radius 3 is 2.88 bits per heavy atom. The maximum Gasteiger partial charge on any atom is 0.275 e. The van der Waals surface area contributed by atoms with Crippen molar-refractivity contribution in [3.8, 4) is 0 Å². The zero-order chi connectivity index (χ0) is 17.0. The standard InChI is InChI=1S/C16H13Br2ClN4O/c1-9-14-7-12(17)15(18)22(14)5-4-21(9)16(24)13-6-11-3-2-10(19)8-23(11)20-13/h2-3,6-9H,4-5H2,1H3. The number of carbonyl (C=O) groups excluding carboxylic acids is 1. The Balaban J connectivity index is 1.68. The predicted molar refractivity (Wildman–Crippen MR) is 99.5 cm³/mol. The van der Waals surface area contributed by atoms with Crippen LogP contribution in [0.1, 0.15) is 29.1 Å². The van der Waals surface area contributed by atoms with Crippen LogP contribution in [0.4, 0.5) is 0 Å². The first-order chi connectivity index (χ1) is 11.5. The van der Waals surface area contributed by atoms with Gasteiger partial charge in [-0.15, -0.1) is 0 Å². The van der Waals surface area contributed by atoms with Gasteiger partial charge in [0.1, 0.15) is 0 Å². The minimum Gasteiger partial charge on any atom is -0.335 e. The molecule has 1 aliphatic heterocycles. The second-order valence-electron chi connectivity index (χ2n) is 5.78. The van der Waals surface area contributed by atoms with E-state index in [1.807, 2.05) is 17.9 Å². The summed E-state index contributed by atoms with van der Waals surface area (Å²) in [6, 6.07) is 7.47. The normalized spacial score (nSPS) is 17.3. The number of carbonyl (C=O) groups is 1. The van der Waals surface area contributed by atoms with Gasteiger partial charge in [0.25, 0.3) is 5.91 Å². The van der Waals surface area contributed by atoms with Gasteiger partial charge < -0.3 is 9.47 Å². The van der Waals surface area contributed by atoms with Crippen LogP contribution in [0.3, 0.4) is 0 Å². The van der Waals surface area contributed by atoms with Crippen molar-refractivity contribution in [1.82, 2.24) is 19.1 Å². The molecule has 4 rings (SSSR count). The molecule has 1 atom stereocenters. The van der Waals surface area contributed by atoms with Gasteiger partial charge in [-0.3, -0.25) is 4.79 Å². The number of rotatable bonds is 1. The molecule has 0 fully saturated rings. The lowest BCUT2D eigenvalue weighted by Crippen LogP contribution is -2.41. The van der Waals surface area contributed by atoms with Crippen LogP contribution in [0.15, 0.2) is 39.5 Å². The number of amides is 1. The summed E-state index contributed by atoms with van der Waals surface area (Å²) in [5.41, 5.74) is 2.38. The fourth-order valence-electron chi connectivity index (χ4n) is 3.13. The number of hydrogen-bond donors (Lipinski definition) is 0. The molecule has 0 aliphatic carbocycles. The number of fused-ring (bicyclic) bond motifs is 2. The van der Waals surface area contributed by atoms with E-state index in [1.54, 1.807) is 22.8 Å². The molecule has 0 saturated carbocycles. The van der Waals surface area contributed by atoms with Crippen LogP contribution in [-0.2, 0) is 6.54 Å². The van der Waals surface area contributed by atoms with Gasteiger partial charge in [-0.2, -0.15) is 5.10 Å². The second kappa shape index (κ2) is 5.89. The molecule has 5 nitrogen and oxygen atoms in total. The highest BCUT2D eigenvalue weighted by Crippen LogP contribution is 2.35. The SMILES string of the molecule is CC1c2cc(Br)c(Br)n2CCN1C(=O)c1cc2ccc(Cl)cn2n1. The Kier molecular flexibility index (Phi) is 3.97. The highest BCUT2D eigenvalue weighted by Gasteiger charge is 2.31. The number of nitrogens with zero attached hydrogens (tertiary/aromatic N) is 4. The largest absolute Gasteiger partial charge is 0.335 e. The maximum absolute atomic E-state index is 13.0. The molecule has 1 aliphatic rings. The molecule has 3 aromatic heterocycles. The first-order valence-corrected chi connectivity index (χ1v) is 9.42. The Labute approximate surface area is 160 Å². The zero-order valence-corrected chi connectivity index (χ0v) is 16.6. The third kappa shape index (κ3) is 2.50. The van der Waals surface area contributed by atoms with E-state index in [0.29, 0.717) is 17.3 Å². The molecule has 4 heterocycles. The van der Waals surface area contributed by atoms with Gasteiger partial charge in [0.2, 0.25) is 0 Å². The highest BCUT2D eigenvalue weighted by molar-refractivity contribution is 9.13. The lowest BCUT2D eigenvalue weighted by atomic mass is 10.1. The van der Waals surface area contributed by atoms with Gasteiger partial charge in [-0.05, 0) is 63.0 Å². The molecule has 124 valence electrons. The van der Waals surface area contributed by atoms with Crippen LogP contribution in [0.2, 0.25) is 5.02 Å². The van der Waals surface area contributed by atoms with Crippen LogP contribution in [-0.4, -0.2) is 31.5 Å². The van der Waals surface area contributed by atoms with E-state index >= 15 is 0 Å². The molecule has 8 heteroatoms. The summed E-state index contributed by atoms with van der Waals surface area (Å²) < 4.78 is 5.84. The fraction of sp³-hybridized carbons (Fsp3) is 0.250. The van der Waals surface area contributed by atoms with E-state index in [4.69, 9.17) is 11.6 Å². The Morgan fingerprint density at radius 2 is 2.08 bits per heavy atom. The van der Waals surface area contributed by atoms with Crippen LogP contribution < -0.4 is 0 Å². The summed E-state index contributed by atoms with van der Waals surface area (Å²) in [5.74, 6) is -0.0676. The first kappa shape index (κ1) is 16.2. The van der Waals surface area contributed by atoms with Gasteiger partial charge in [0, 0.05) is 25.0 Å². The van der Waals surface area contributed by atoms with Crippen molar-refractivity contribution in [3.05, 3.63) is 55.9 Å². The molecule has 0 saturated heterocycles. The highest BCUT2D eigenvalue weighted by atomic mass is 79.9. The van der Waals surface area contributed by atoms with Crippen molar-refractivity contribution in [2.75, 3.05) is 6.54 Å². The monoisotopic (exact) mass is 470 g/mol. The Morgan fingerprint density at radius 1 is 1.29 bits per heavy atom. The lowest BCUT2D eigenvalue weighted by molar-refractivity contribution is 0.0636. The molecule has 0 aromatic carbocycles. The van der Waals surface area contributed by atoms with Crippen molar-refractivity contribution in [2.24, 2.45) is 0 Å². The topological polar surface area (TPSA) is 42.5 Å². The maximum atomic E-state index is 13.0. The molecule has 1 amide bonds. The van der Waals surface area contributed by atoms with Gasteiger partial charge in [0.05, 0.1) is 25.7 Å². The molecule has 0 radical (unpaired) electrons. The van der Waals surface area contributed by atoms with Crippen LogP contribution in [0, 0.1) is 0 Å². The van der Waals surface area contributed by atoms with Gasteiger partial charge in [-0.25, -0.2) is 4.52 Å². The molecule has 1 unspecified atom stereocenters. The fourth-order valence-corrected chi connectivity index (χ4v) is 4.24.